The number of thiophene rings is 1. The first-order valence-corrected chi connectivity index (χ1v) is 8.55. The number of aliphatic imine (C=N–C) groups is 1. The molecule has 2 aromatic rings. The Morgan fingerprint density at radius 2 is 2.26 bits per heavy atom. The number of hydrogen-bond acceptors (Lipinski definition) is 4. The molecular weight excluding hydrogens is 308 g/mol. The van der Waals surface area contributed by atoms with Gasteiger partial charge in [-0.2, -0.15) is 0 Å². The third-order valence-electron chi connectivity index (χ3n) is 3.44. The van der Waals surface area contributed by atoms with Crippen molar-refractivity contribution in [2.75, 3.05) is 20.7 Å². The summed E-state index contributed by atoms with van der Waals surface area (Å²) < 4.78 is 5.13. The Morgan fingerprint density at radius 3 is 2.96 bits per heavy atom. The number of ether oxygens (including phenoxy) is 1. The maximum Gasteiger partial charge on any atom is 0.213 e. The molecule has 124 valence electrons. The van der Waals surface area contributed by atoms with Crippen LogP contribution in [0, 0.1) is 5.92 Å². The zero-order chi connectivity index (χ0) is 16.5. The second-order valence-electron chi connectivity index (χ2n) is 5.40. The largest absolute Gasteiger partial charge is 0.481 e. The van der Waals surface area contributed by atoms with E-state index in [9.17, 15) is 0 Å². The molecule has 2 rings (SSSR count). The molecule has 2 N–H and O–H groups in total. The average molecular weight is 332 g/mol. The van der Waals surface area contributed by atoms with Gasteiger partial charge in [-0.05, 0) is 35.4 Å². The van der Waals surface area contributed by atoms with Gasteiger partial charge in [0.05, 0.1) is 7.11 Å². The molecule has 0 aliphatic rings. The summed E-state index contributed by atoms with van der Waals surface area (Å²) in [6.45, 7) is 3.81. The Morgan fingerprint density at radius 1 is 1.39 bits per heavy atom. The molecule has 2 aromatic heterocycles. The van der Waals surface area contributed by atoms with Crippen molar-refractivity contribution < 1.29 is 4.74 Å². The first-order valence-electron chi connectivity index (χ1n) is 7.67. The third kappa shape index (κ3) is 5.90. The number of guanidine groups is 1. The molecule has 0 spiro atoms. The first-order chi connectivity index (χ1) is 11.2. The molecule has 1 atom stereocenters. The summed E-state index contributed by atoms with van der Waals surface area (Å²) in [6.07, 6.45) is 2.83. The highest BCUT2D eigenvalue weighted by Crippen LogP contribution is 2.13. The molecule has 0 aromatic carbocycles. The Kier molecular flexibility index (Phi) is 6.87. The highest BCUT2D eigenvalue weighted by atomic mass is 32.1. The molecule has 2 heterocycles. The lowest BCUT2D eigenvalue weighted by molar-refractivity contribution is 0.397. The molecule has 5 nitrogen and oxygen atoms in total. The van der Waals surface area contributed by atoms with Gasteiger partial charge in [0, 0.05) is 37.3 Å². The van der Waals surface area contributed by atoms with Crippen LogP contribution < -0.4 is 15.4 Å². The van der Waals surface area contributed by atoms with Crippen LogP contribution in [0.3, 0.4) is 0 Å². The number of pyridine rings is 1. The third-order valence-corrected chi connectivity index (χ3v) is 4.34. The highest BCUT2D eigenvalue weighted by molar-refractivity contribution is 7.09. The topological polar surface area (TPSA) is 58.5 Å². The van der Waals surface area contributed by atoms with Crippen LogP contribution >= 0.6 is 11.3 Å². The molecular formula is C17H24N4OS. The van der Waals surface area contributed by atoms with Gasteiger partial charge in [-0.15, -0.1) is 11.3 Å². The number of aromatic nitrogens is 1. The Balaban J connectivity index is 1.76. The average Bonchev–Trinajstić information content (AvgIpc) is 3.08. The van der Waals surface area contributed by atoms with Crippen LogP contribution in [0.5, 0.6) is 5.88 Å². The van der Waals surface area contributed by atoms with Gasteiger partial charge in [-0.1, -0.05) is 13.0 Å². The fraction of sp³-hybridized carbons (Fsp3) is 0.412. The van der Waals surface area contributed by atoms with Crippen LogP contribution in [0.25, 0.3) is 0 Å². The molecule has 0 aliphatic carbocycles. The van der Waals surface area contributed by atoms with Gasteiger partial charge in [-0.25, -0.2) is 4.98 Å². The van der Waals surface area contributed by atoms with E-state index in [0.717, 1.165) is 24.5 Å². The normalized spacial score (nSPS) is 12.7. The van der Waals surface area contributed by atoms with Crippen LogP contribution in [-0.2, 0) is 13.0 Å². The van der Waals surface area contributed by atoms with Gasteiger partial charge in [0.25, 0.3) is 0 Å². The molecule has 0 radical (unpaired) electrons. The van der Waals surface area contributed by atoms with Crippen molar-refractivity contribution in [2.45, 2.75) is 19.9 Å². The molecule has 23 heavy (non-hydrogen) atoms. The van der Waals surface area contributed by atoms with Gasteiger partial charge in [-0.3, -0.25) is 4.99 Å². The molecule has 0 saturated heterocycles. The number of hydrogen-bond donors (Lipinski definition) is 2. The van der Waals surface area contributed by atoms with Gasteiger partial charge in [0.1, 0.15) is 0 Å². The van der Waals surface area contributed by atoms with Crippen molar-refractivity contribution >= 4 is 17.3 Å². The second-order valence-corrected chi connectivity index (χ2v) is 6.43. The minimum Gasteiger partial charge on any atom is -0.481 e. The lowest BCUT2D eigenvalue weighted by atomic mass is 10.1. The molecule has 0 saturated carbocycles. The van der Waals surface area contributed by atoms with Crippen molar-refractivity contribution in [1.82, 2.24) is 15.6 Å². The number of nitrogens with zero attached hydrogens (tertiary/aromatic N) is 2. The summed E-state index contributed by atoms with van der Waals surface area (Å²) in [7, 11) is 3.40. The van der Waals surface area contributed by atoms with Gasteiger partial charge in [0.15, 0.2) is 5.96 Å². The second kappa shape index (κ2) is 9.15. The first kappa shape index (κ1) is 17.3. The van der Waals surface area contributed by atoms with Gasteiger partial charge in [0.2, 0.25) is 5.88 Å². The predicted octanol–water partition coefficient (Wildman–Crippen LogP) is 2.70. The van der Waals surface area contributed by atoms with Crippen LogP contribution in [-0.4, -0.2) is 31.6 Å². The summed E-state index contributed by atoms with van der Waals surface area (Å²) in [5.41, 5.74) is 1.10. The van der Waals surface area contributed by atoms with Crippen LogP contribution in [0.1, 0.15) is 17.4 Å². The maximum atomic E-state index is 5.13. The van der Waals surface area contributed by atoms with E-state index in [4.69, 9.17) is 4.74 Å². The Labute approximate surface area is 141 Å². The fourth-order valence-corrected chi connectivity index (χ4v) is 3.06. The van der Waals surface area contributed by atoms with E-state index in [2.05, 4.69) is 45.0 Å². The minimum absolute atomic E-state index is 0.549. The number of nitrogens with one attached hydrogen (secondary N) is 2. The molecule has 0 aliphatic heterocycles. The summed E-state index contributed by atoms with van der Waals surface area (Å²) in [6, 6.07) is 8.16. The number of methoxy groups -OCH3 is 1. The van der Waals surface area contributed by atoms with E-state index < -0.39 is 0 Å². The van der Waals surface area contributed by atoms with Crippen molar-refractivity contribution in [3.05, 3.63) is 46.3 Å². The summed E-state index contributed by atoms with van der Waals surface area (Å²) in [4.78, 5) is 9.79. The summed E-state index contributed by atoms with van der Waals surface area (Å²) >= 11 is 1.81. The van der Waals surface area contributed by atoms with E-state index in [1.165, 1.54) is 4.88 Å². The smallest absolute Gasteiger partial charge is 0.213 e. The molecule has 0 bridgehead atoms. The monoisotopic (exact) mass is 332 g/mol. The van der Waals surface area contributed by atoms with E-state index in [0.29, 0.717) is 18.3 Å². The van der Waals surface area contributed by atoms with E-state index in [1.807, 2.05) is 23.5 Å². The van der Waals surface area contributed by atoms with Crippen LogP contribution in [0.4, 0.5) is 0 Å². The van der Waals surface area contributed by atoms with E-state index in [-0.39, 0.29) is 0 Å². The molecule has 6 heteroatoms. The van der Waals surface area contributed by atoms with Crippen molar-refractivity contribution in [2.24, 2.45) is 10.9 Å². The quantitative estimate of drug-likeness (QED) is 0.604. The van der Waals surface area contributed by atoms with Crippen molar-refractivity contribution in [3.8, 4) is 5.88 Å². The minimum atomic E-state index is 0.549. The van der Waals surface area contributed by atoms with Crippen LogP contribution in [0.2, 0.25) is 0 Å². The van der Waals surface area contributed by atoms with E-state index in [1.54, 1.807) is 20.4 Å². The summed E-state index contributed by atoms with van der Waals surface area (Å²) in [5.74, 6) is 1.98. The summed E-state index contributed by atoms with van der Waals surface area (Å²) in [5, 5.41) is 8.81. The molecule has 0 fully saturated rings. The SMILES string of the molecule is CN=C(NCc1ccnc(OC)c1)NCC(C)Cc1cccs1. The molecule has 0 amide bonds. The Bertz CT molecular complexity index is 613. The van der Waals surface area contributed by atoms with Gasteiger partial charge < -0.3 is 15.4 Å². The Hall–Kier alpha value is -2.08. The highest BCUT2D eigenvalue weighted by Gasteiger charge is 2.06. The van der Waals surface area contributed by atoms with Crippen LogP contribution in [0.15, 0.2) is 40.8 Å². The van der Waals surface area contributed by atoms with E-state index >= 15 is 0 Å². The zero-order valence-corrected chi connectivity index (χ0v) is 14.7. The maximum absolute atomic E-state index is 5.13. The standard InChI is InChI=1S/C17H24N4OS/c1-13(9-15-5-4-8-23-15)11-20-17(18-2)21-12-14-6-7-19-16(10-14)22-3/h4-8,10,13H,9,11-12H2,1-3H3,(H2,18,20,21). The van der Waals surface area contributed by atoms with Crippen molar-refractivity contribution in [1.29, 1.82) is 0 Å². The lowest BCUT2D eigenvalue weighted by Crippen LogP contribution is -2.39. The van der Waals surface area contributed by atoms with Gasteiger partial charge >= 0.3 is 0 Å². The fourth-order valence-electron chi connectivity index (χ4n) is 2.19. The number of rotatable bonds is 7. The predicted molar refractivity (Wildman–Crippen MR) is 96.2 cm³/mol. The zero-order valence-electron chi connectivity index (χ0n) is 13.9. The lowest BCUT2D eigenvalue weighted by Gasteiger charge is -2.15. The molecule has 1 unspecified atom stereocenters. The van der Waals surface area contributed by atoms with Crippen molar-refractivity contribution in [3.63, 3.8) is 0 Å².